The number of amides is 2. The number of hydrogen-bond donors (Lipinski definition) is 0. The fraction of sp³-hybridized carbons (Fsp3) is 0.444. The van der Waals surface area contributed by atoms with Crippen LogP contribution in [-0.4, -0.2) is 82.2 Å². The zero-order chi connectivity index (χ0) is 26.2. The Labute approximate surface area is 212 Å². The molecule has 0 saturated carbocycles. The van der Waals surface area contributed by atoms with Gasteiger partial charge in [-0.3, -0.25) is 9.59 Å². The highest BCUT2D eigenvalue weighted by atomic mass is 16.5. The molecular weight excluding hydrogens is 462 g/mol. The van der Waals surface area contributed by atoms with E-state index in [2.05, 4.69) is 26.0 Å². The smallest absolute Gasteiger partial charge is 0.262 e. The summed E-state index contributed by atoms with van der Waals surface area (Å²) in [4.78, 5) is 27.6. The topological polar surface area (TPSA) is 89.9 Å². The Bertz CT molecular complexity index is 1120. The van der Waals surface area contributed by atoms with E-state index in [9.17, 15) is 9.59 Å². The van der Waals surface area contributed by atoms with Gasteiger partial charge in [0.2, 0.25) is 5.91 Å². The van der Waals surface area contributed by atoms with E-state index in [0.29, 0.717) is 24.5 Å². The summed E-state index contributed by atoms with van der Waals surface area (Å²) >= 11 is 0. The van der Waals surface area contributed by atoms with Gasteiger partial charge in [0, 0.05) is 27.2 Å². The van der Waals surface area contributed by atoms with Crippen molar-refractivity contribution in [2.45, 2.75) is 26.3 Å². The number of carbonyl (C=O) groups excluding carboxylic acids is 2. The van der Waals surface area contributed by atoms with Gasteiger partial charge < -0.3 is 23.8 Å². The second kappa shape index (κ2) is 12.5. The van der Waals surface area contributed by atoms with E-state index < -0.39 is 0 Å². The number of ether oxygens (including phenoxy) is 4. The van der Waals surface area contributed by atoms with Crippen molar-refractivity contribution in [3.63, 3.8) is 0 Å². The van der Waals surface area contributed by atoms with Crippen molar-refractivity contribution in [2.75, 3.05) is 54.7 Å². The predicted molar refractivity (Wildman–Crippen MR) is 137 cm³/mol. The lowest BCUT2D eigenvalue weighted by molar-refractivity contribution is -0.144. The summed E-state index contributed by atoms with van der Waals surface area (Å²) in [6, 6.07) is 11.4. The van der Waals surface area contributed by atoms with Crippen molar-refractivity contribution < 1.29 is 28.5 Å². The maximum Gasteiger partial charge on any atom is 0.262 e. The molecule has 1 atom stereocenters. The first-order valence-corrected chi connectivity index (χ1v) is 11.8. The van der Waals surface area contributed by atoms with E-state index in [1.807, 2.05) is 24.3 Å². The number of methoxy groups -OCH3 is 4. The van der Waals surface area contributed by atoms with Crippen LogP contribution in [0.1, 0.15) is 34.7 Å². The van der Waals surface area contributed by atoms with Gasteiger partial charge in [-0.05, 0) is 54.3 Å². The van der Waals surface area contributed by atoms with Crippen molar-refractivity contribution in [1.29, 1.82) is 0 Å². The standard InChI is InChI=1S/C27H35N3O6/c1-18-7-8-20(13-19(18)2)22-15-23(21-9-10-24(35-5)25(14-21)36-6)30(28-22)26(31)16-29(11-12-33-3)27(32)17-34-4/h7-10,13-14,23H,11-12,15-17H2,1-6H3. The molecule has 0 fully saturated rings. The molecule has 36 heavy (non-hydrogen) atoms. The lowest BCUT2D eigenvalue weighted by Gasteiger charge is -2.27. The maximum absolute atomic E-state index is 13.6. The van der Waals surface area contributed by atoms with Gasteiger partial charge in [-0.1, -0.05) is 18.2 Å². The molecule has 9 nitrogen and oxygen atoms in total. The summed E-state index contributed by atoms with van der Waals surface area (Å²) in [7, 11) is 6.15. The van der Waals surface area contributed by atoms with E-state index in [-0.39, 0.29) is 37.6 Å². The molecule has 2 aromatic carbocycles. The summed E-state index contributed by atoms with van der Waals surface area (Å²) < 4.78 is 21.0. The molecule has 2 amide bonds. The van der Waals surface area contributed by atoms with E-state index >= 15 is 0 Å². The Hall–Kier alpha value is -3.43. The van der Waals surface area contributed by atoms with Crippen LogP contribution in [0.15, 0.2) is 41.5 Å². The largest absolute Gasteiger partial charge is 0.493 e. The first-order chi connectivity index (χ1) is 17.3. The fourth-order valence-corrected chi connectivity index (χ4v) is 4.10. The van der Waals surface area contributed by atoms with Crippen LogP contribution in [-0.2, 0) is 19.1 Å². The van der Waals surface area contributed by atoms with Crippen LogP contribution in [0.4, 0.5) is 0 Å². The molecule has 1 aliphatic heterocycles. The van der Waals surface area contributed by atoms with Gasteiger partial charge in [-0.25, -0.2) is 5.01 Å². The highest BCUT2D eigenvalue weighted by molar-refractivity contribution is 6.03. The molecule has 1 aliphatic rings. The second-order valence-corrected chi connectivity index (χ2v) is 8.66. The van der Waals surface area contributed by atoms with E-state index in [4.69, 9.17) is 24.0 Å². The van der Waals surface area contributed by atoms with Gasteiger partial charge in [0.25, 0.3) is 5.91 Å². The number of hydrogen-bond acceptors (Lipinski definition) is 7. The van der Waals surface area contributed by atoms with Crippen LogP contribution in [0.5, 0.6) is 11.5 Å². The van der Waals surface area contributed by atoms with Crippen molar-refractivity contribution in [1.82, 2.24) is 9.91 Å². The molecule has 0 saturated heterocycles. The molecule has 0 spiro atoms. The van der Waals surface area contributed by atoms with Crippen LogP contribution in [0.3, 0.4) is 0 Å². The van der Waals surface area contributed by atoms with E-state index in [1.54, 1.807) is 21.3 Å². The normalized spacial score (nSPS) is 15.0. The highest BCUT2D eigenvalue weighted by Gasteiger charge is 2.35. The molecule has 1 unspecified atom stereocenters. The molecule has 2 aromatic rings. The van der Waals surface area contributed by atoms with Crippen LogP contribution in [0.25, 0.3) is 0 Å². The minimum absolute atomic E-state index is 0.118. The van der Waals surface area contributed by atoms with Crippen LogP contribution in [0.2, 0.25) is 0 Å². The number of rotatable bonds is 11. The van der Waals surface area contributed by atoms with E-state index in [1.165, 1.54) is 22.6 Å². The number of aryl methyl sites for hydroxylation is 2. The van der Waals surface area contributed by atoms with Crippen molar-refractivity contribution >= 4 is 17.5 Å². The molecule has 1 heterocycles. The predicted octanol–water partition coefficient (Wildman–Crippen LogP) is 3.12. The Morgan fingerprint density at radius 1 is 0.972 bits per heavy atom. The number of nitrogens with zero attached hydrogens (tertiary/aromatic N) is 3. The molecule has 0 N–H and O–H groups in total. The maximum atomic E-state index is 13.6. The van der Waals surface area contributed by atoms with Gasteiger partial charge in [0.05, 0.1) is 32.6 Å². The molecule has 0 aliphatic carbocycles. The average molecular weight is 498 g/mol. The first kappa shape index (κ1) is 27.2. The second-order valence-electron chi connectivity index (χ2n) is 8.66. The minimum atomic E-state index is -0.365. The molecule has 0 radical (unpaired) electrons. The molecule has 0 aromatic heterocycles. The summed E-state index contributed by atoms with van der Waals surface area (Å²) in [5, 5.41) is 6.23. The van der Waals surface area contributed by atoms with Crippen LogP contribution >= 0.6 is 0 Å². The summed E-state index contributed by atoms with van der Waals surface area (Å²) in [5.74, 6) is 0.583. The Morgan fingerprint density at radius 2 is 1.72 bits per heavy atom. The zero-order valence-electron chi connectivity index (χ0n) is 21.9. The lowest BCUT2D eigenvalue weighted by Crippen LogP contribution is -2.44. The lowest BCUT2D eigenvalue weighted by atomic mass is 9.96. The average Bonchev–Trinajstić information content (AvgIpc) is 3.33. The number of carbonyl (C=O) groups is 2. The van der Waals surface area contributed by atoms with Crippen molar-refractivity contribution in [3.8, 4) is 11.5 Å². The molecule has 9 heteroatoms. The minimum Gasteiger partial charge on any atom is -0.493 e. The molecular formula is C27H35N3O6. The number of benzene rings is 2. The van der Waals surface area contributed by atoms with Crippen LogP contribution in [0, 0.1) is 13.8 Å². The van der Waals surface area contributed by atoms with Gasteiger partial charge in [0.1, 0.15) is 13.2 Å². The molecule has 194 valence electrons. The van der Waals surface area contributed by atoms with Gasteiger partial charge in [0.15, 0.2) is 11.5 Å². The third kappa shape index (κ3) is 6.22. The summed E-state index contributed by atoms with van der Waals surface area (Å²) in [5.41, 5.74) is 4.96. The highest BCUT2D eigenvalue weighted by Crippen LogP contribution is 2.37. The third-order valence-electron chi connectivity index (χ3n) is 6.31. The van der Waals surface area contributed by atoms with Gasteiger partial charge in [-0.2, -0.15) is 5.10 Å². The molecule has 0 bridgehead atoms. The molecule has 3 rings (SSSR count). The summed E-state index contributed by atoms with van der Waals surface area (Å²) in [6.07, 6.45) is 0.522. The number of hydrazone groups is 1. The third-order valence-corrected chi connectivity index (χ3v) is 6.31. The van der Waals surface area contributed by atoms with E-state index in [0.717, 1.165) is 22.4 Å². The Balaban J connectivity index is 1.97. The van der Waals surface area contributed by atoms with Crippen molar-refractivity contribution in [3.05, 3.63) is 58.7 Å². The van der Waals surface area contributed by atoms with Crippen LogP contribution < -0.4 is 9.47 Å². The zero-order valence-corrected chi connectivity index (χ0v) is 21.9. The Morgan fingerprint density at radius 3 is 2.36 bits per heavy atom. The van der Waals surface area contributed by atoms with Gasteiger partial charge in [-0.15, -0.1) is 0 Å². The SMILES string of the molecule is COCCN(CC(=O)N1N=C(c2ccc(C)c(C)c2)CC1c1ccc(OC)c(OC)c1)C(=O)COC. The summed E-state index contributed by atoms with van der Waals surface area (Å²) in [6.45, 7) is 4.43. The fourth-order valence-electron chi connectivity index (χ4n) is 4.10. The Kier molecular flexibility index (Phi) is 9.44. The van der Waals surface area contributed by atoms with Gasteiger partial charge >= 0.3 is 0 Å². The monoisotopic (exact) mass is 497 g/mol. The van der Waals surface area contributed by atoms with Crippen molar-refractivity contribution in [2.24, 2.45) is 5.10 Å². The first-order valence-electron chi connectivity index (χ1n) is 11.8. The quantitative estimate of drug-likeness (QED) is 0.474.